The Morgan fingerprint density at radius 1 is 1.17 bits per heavy atom. The number of aryl methyl sites for hydroxylation is 1. The summed E-state index contributed by atoms with van der Waals surface area (Å²) in [5.74, 6) is 0.719. The number of pyridine rings is 2. The number of hydrogen-bond donors (Lipinski definition) is 2. The van der Waals surface area contributed by atoms with E-state index in [0.29, 0.717) is 6.54 Å². The molecule has 0 atom stereocenters. The van der Waals surface area contributed by atoms with Gasteiger partial charge in [0.15, 0.2) is 5.65 Å². The van der Waals surface area contributed by atoms with Gasteiger partial charge < -0.3 is 10.7 Å². The Morgan fingerprint density at radius 2 is 2.09 bits per heavy atom. The van der Waals surface area contributed by atoms with Crippen LogP contribution in [0.25, 0.3) is 28.3 Å². The topological polar surface area (TPSA) is 97.8 Å². The lowest BCUT2D eigenvalue weighted by molar-refractivity contribution is 0.947. The van der Waals surface area contributed by atoms with Gasteiger partial charge >= 0.3 is 0 Å². The number of nitrogens with zero attached hydrogens (tertiary/aromatic N) is 5. The Morgan fingerprint density at radius 3 is 2.91 bits per heavy atom. The number of hydrogen-bond acceptors (Lipinski definition) is 5. The Bertz CT molecular complexity index is 983. The molecule has 7 nitrogen and oxygen atoms in total. The molecule has 7 heteroatoms. The van der Waals surface area contributed by atoms with Crippen molar-refractivity contribution in [1.29, 1.82) is 0 Å². The second kappa shape index (κ2) is 5.29. The number of aromatic amines is 1. The van der Waals surface area contributed by atoms with E-state index in [-0.39, 0.29) is 0 Å². The number of aromatic nitrogens is 6. The van der Waals surface area contributed by atoms with Crippen LogP contribution in [-0.2, 0) is 6.54 Å². The molecule has 114 valence electrons. The van der Waals surface area contributed by atoms with E-state index in [2.05, 4.69) is 25.0 Å². The van der Waals surface area contributed by atoms with Gasteiger partial charge in [-0.1, -0.05) is 6.07 Å². The van der Waals surface area contributed by atoms with Gasteiger partial charge in [0.25, 0.3) is 0 Å². The van der Waals surface area contributed by atoms with Gasteiger partial charge in [-0.2, -0.15) is 5.10 Å². The van der Waals surface area contributed by atoms with Gasteiger partial charge in [-0.15, -0.1) is 0 Å². The maximum absolute atomic E-state index is 5.75. The van der Waals surface area contributed by atoms with E-state index in [1.54, 1.807) is 4.52 Å². The molecule has 3 N–H and O–H groups in total. The molecule has 0 radical (unpaired) electrons. The number of nitrogens with one attached hydrogen (secondary N) is 1. The maximum atomic E-state index is 5.75. The largest absolute Gasteiger partial charge is 0.339 e. The summed E-state index contributed by atoms with van der Waals surface area (Å²) >= 11 is 0. The average Bonchev–Trinajstić information content (AvgIpc) is 3.20. The summed E-state index contributed by atoms with van der Waals surface area (Å²) in [5.41, 5.74) is 10.9. The fraction of sp³-hybridized carbons (Fsp3) is 0.125. The molecule has 0 fully saturated rings. The average molecular weight is 305 g/mol. The van der Waals surface area contributed by atoms with Crippen LogP contribution in [-0.4, -0.2) is 29.5 Å². The van der Waals surface area contributed by atoms with Crippen molar-refractivity contribution < 1.29 is 0 Å². The molecule has 4 heterocycles. The van der Waals surface area contributed by atoms with Crippen molar-refractivity contribution in [3.63, 3.8) is 0 Å². The number of rotatable bonds is 3. The van der Waals surface area contributed by atoms with Gasteiger partial charge in [0, 0.05) is 17.5 Å². The lowest BCUT2D eigenvalue weighted by Crippen LogP contribution is -1.98. The summed E-state index contributed by atoms with van der Waals surface area (Å²) in [5, 5.41) is 4.18. The number of imidazole rings is 1. The number of H-pyrrole nitrogens is 1. The minimum atomic E-state index is 0.338. The quantitative estimate of drug-likeness (QED) is 0.603. The first-order chi connectivity index (χ1) is 11.2. The van der Waals surface area contributed by atoms with Gasteiger partial charge in [0.1, 0.15) is 12.2 Å². The van der Waals surface area contributed by atoms with Crippen molar-refractivity contribution >= 4 is 5.65 Å². The van der Waals surface area contributed by atoms with Crippen LogP contribution in [0.4, 0.5) is 0 Å². The third-order valence-electron chi connectivity index (χ3n) is 3.64. The van der Waals surface area contributed by atoms with Crippen LogP contribution in [0.1, 0.15) is 11.5 Å². The molecule has 0 aliphatic rings. The van der Waals surface area contributed by atoms with E-state index in [1.165, 1.54) is 6.33 Å². The molecule has 0 aliphatic heterocycles. The highest BCUT2D eigenvalue weighted by molar-refractivity contribution is 5.77. The summed E-state index contributed by atoms with van der Waals surface area (Å²) < 4.78 is 1.72. The van der Waals surface area contributed by atoms with Crippen LogP contribution in [0.15, 0.2) is 42.9 Å². The molecule has 0 unspecified atom stereocenters. The highest BCUT2D eigenvalue weighted by Gasteiger charge is 2.15. The third kappa shape index (κ3) is 2.36. The van der Waals surface area contributed by atoms with Crippen LogP contribution in [0.2, 0.25) is 0 Å². The van der Waals surface area contributed by atoms with Gasteiger partial charge in [-0.3, -0.25) is 4.98 Å². The zero-order valence-corrected chi connectivity index (χ0v) is 12.6. The SMILES string of the molecule is Cc1cccc(-c2[nH]c(CN)nc2-c2ccc3ncnn3c2)n1. The smallest absolute Gasteiger partial charge is 0.155 e. The second-order valence-electron chi connectivity index (χ2n) is 5.26. The molecule has 0 saturated carbocycles. The lowest BCUT2D eigenvalue weighted by atomic mass is 10.1. The molecule has 4 aromatic rings. The molecule has 0 aromatic carbocycles. The van der Waals surface area contributed by atoms with Crippen molar-refractivity contribution in [1.82, 2.24) is 29.5 Å². The van der Waals surface area contributed by atoms with E-state index in [0.717, 1.165) is 39.8 Å². The molecule has 0 saturated heterocycles. The van der Waals surface area contributed by atoms with Crippen LogP contribution in [0, 0.1) is 6.92 Å². The summed E-state index contributed by atoms with van der Waals surface area (Å²) in [6, 6.07) is 9.78. The molecule has 0 spiro atoms. The number of fused-ring (bicyclic) bond motifs is 1. The third-order valence-corrected chi connectivity index (χ3v) is 3.64. The molecule has 0 bridgehead atoms. The van der Waals surface area contributed by atoms with E-state index in [9.17, 15) is 0 Å². The first-order valence-corrected chi connectivity index (χ1v) is 7.27. The monoisotopic (exact) mass is 305 g/mol. The molecular weight excluding hydrogens is 290 g/mol. The Hall–Kier alpha value is -3.06. The highest BCUT2D eigenvalue weighted by atomic mass is 15.3. The van der Waals surface area contributed by atoms with Crippen molar-refractivity contribution in [3.8, 4) is 22.6 Å². The summed E-state index contributed by atoms with van der Waals surface area (Å²) in [6.07, 6.45) is 3.43. The van der Waals surface area contributed by atoms with Crippen LogP contribution >= 0.6 is 0 Å². The van der Waals surface area contributed by atoms with E-state index >= 15 is 0 Å². The first kappa shape index (κ1) is 13.6. The Kier molecular flexibility index (Phi) is 3.13. The van der Waals surface area contributed by atoms with Gasteiger partial charge in [0.05, 0.1) is 23.6 Å². The fourth-order valence-corrected chi connectivity index (χ4v) is 2.55. The molecule has 0 amide bonds. The summed E-state index contributed by atoms with van der Waals surface area (Å²) in [6.45, 7) is 2.30. The van der Waals surface area contributed by atoms with Crippen LogP contribution in [0.3, 0.4) is 0 Å². The normalized spacial score (nSPS) is 11.2. The molecule has 23 heavy (non-hydrogen) atoms. The minimum absolute atomic E-state index is 0.338. The highest BCUT2D eigenvalue weighted by Crippen LogP contribution is 2.29. The standard InChI is InChI=1S/C16H15N7/c1-10-3-2-4-12(20-10)16-15(21-13(7-17)22-16)11-5-6-14-18-9-19-23(14)8-11/h2-6,8-9H,7,17H2,1H3,(H,21,22). The molecule has 4 rings (SSSR count). The predicted molar refractivity (Wildman–Crippen MR) is 86.4 cm³/mol. The maximum Gasteiger partial charge on any atom is 0.155 e. The number of nitrogens with two attached hydrogens (primary N) is 1. The van der Waals surface area contributed by atoms with Crippen molar-refractivity contribution in [2.75, 3.05) is 0 Å². The molecular formula is C16H15N7. The van der Waals surface area contributed by atoms with Gasteiger partial charge in [0.2, 0.25) is 0 Å². The van der Waals surface area contributed by atoms with Crippen LogP contribution in [0.5, 0.6) is 0 Å². The van der Waals surface area contributed by atoms with E-state index < -0.39 is 0 Å². The fourth-order valence-electron chi connectivity index (χ4n) is 2.55. The Balaban J connectivity index is 1.91. The van der Waals surface area contributed by atoms with E-state index in [4.69, 9.17) is 5.73 Å². The lowest BCUT2D eigenvalue weighted by Gasteiger charge is -2.04. The predicted octanol–water partition coefficient (Wildman–Crippen LogP) is 1.95. The van der Waals surface area contributed by atoms with Crippen LogP contribution < -0.4 is 5.73 Å². The minimum Gasteiger partial charge on any atom is -0.339 e. The first-order valence-electron chi connectivity index (χ1n) is 7.27. The van der Waals surface area contributed by atoms with Crippen molar-refractivity contribution in [2.45, 2.75) is 13.5 Å². The van der Waals surface area contributed by atoms with Gasteiger partial charge in [-0.05, 0) is 31.2 Å². The van der Waals surface area contributed by atoms with E-state index in [1.807, 2.05) is 43.5 Å². The molecule has 0 aliphatic carbocycles. The summed E-state index contributed by atoms with van der Waals surface area (Å²) in [7, 11) is 0. The zero-order valence-electron chi connectivity index (χ0n) is 12.6. The molecule has 4 aromatic heterocycles. The Labute approximate surface area is 132 Å². The van der Waals surface area contributed by atoms with Crippen molar-refractivity contribution in [2.24, 2.45) is 5.73 Å². The summed E-state index contributed by atoms with van der Waals surface area (Å²) in [4.78, 5) is 16.6. The second-order valence-corrected chi connectivity index (χ2v) is 5.26. The van der Waals surface area contributed by atoms with Gasteiger partial charge in [-0.25, -0.2) is 14.5 Å². The zero-order chi connectivity index (χ0) is 15.8. The van der Waals surface area contributed by atoms with Crippen molar-refractivity contribution in [3.05, 3.63) is 54.4 Å².